The van der Waals surface area contributed by atoms with Gasteiger partial charge < -0.3 is 5.32 Å². The van der Waals surface area contributed by atoms with Crippen molar-refractivity contribution in [2.45, 2.75) is 38.1 Å². The molecular formula is C15H18ClNO. The lowest BCUT2D eigenvalue weighted by Crippen LogP contribution is -2.39. The third-order valence-corrected chi connectivity index (χ3v) is 4.76. The van der Waals surface area contributed by atoms with Gasteiger partial charge in [-0.3, -0.25) is 4.79 Å². The van der Waals surface area contributed by atoms with Crippen LogP contribution in [0.1, 0.15) is 31.2 Å². The van der Waals surface area contributed by atoms with Gasteiger partial charge in [0.2, 0.25) is 5.91 Å². The first kappa shape index (κ1) is 12.0. The van der Waals surface area contributed by atoms with E-state index in [2.05, 4.69) is 5.32 Å². The van der Waals surface area contributed by atoms with Crippen LogP contribution < -0.4 is 5.32 Å². The highest BCUT2D eigenvalue weighted by Gasteiger charge is 2.39. The first-order chi connectivity index (χ1) is 8.72. The minimum absolute atomic E-state index is 0.112. The number of nitrogens with one attached hydrogen (secondary N) is 1. The molecule has 2 saturated carbocycles. The van der Waals surface area contributed by atoms with Crippen molar-refractivity contribution in [3.05, 3.63) is 34.9 Å². The minimum atomic E-state index is 0.112. The van der Waals surface area contributed by atoms with Gasteiger partial charge in [0.05, 0.1) is 6.42 Å². The first-order valence-electron chi connectivity index (χ1n) is 6.75. The molecule has 0 heterocycles. The lowest BCUT2D eigenvalue weighted by molar-refractivity contribution is -0.121. The predicted molar refractivity (Wildman–Crippen MR) is 72.5 cm³/mol. The van der Waals surface area contributed by atoms with E-state index in [9.17, 15) is 4.79 Å². The molecule has 2 aliphatic rings. The van der Waals surface area contributed by atoms with E-state index in [1.54, 1.807) is 0 Å². The van der Waals surface area contributed by atoms with Crippen LogP contribution in [0, 0.1) is 11.8 Å². The van der Waals surface area contributed by atoms with Crippen LogP contribution in [0.2, 0.25) is 5.02 Å². The smallest absolute Gasteiger partial charge is 0.224 e. The van der Waals surface area contributed by atoms with Crippen molar-refractivity contribution in [3.8, 4) is 0 Å². The summed E-state index contributed by atoms with van der Waals surface area (Å²) in [6.45, 7) is 0. The Labute approximate surface area is 113 Å². The van der Waals surface area contributed by atoms with Crippen LogP contribution in [0.3, 0.4) is 0 Å². The second kappa shape index (κ2) is 4.93. The molecule has 1 aromatic rings. The fourth-order valence-electron chi connectivity index (χ4n) is 3.49. The maximum absolute atomic E-state index is 12.0. The molecule has 0 saturated heterocycles. The van der Waals surface area contributed by atoms with Gasteiger partial charge in [0.25, 0.3) is 0 Å². The molecule has 0 spiro atoms. The van der Waals surface area contributed by atoms with Crippen LogP contribution in [-0.4, -0.2) is 11.9 Å². The van der Waals surface area contributed by atoms with E-state index in [1.807, 2.05) is 24.3 Å². The van der Waals surface area contributed by atoms with Gasteiger partial charge in [0, 0.05) is 11.1 Å². The molecule has 3 rings (SSSR count). The number of hydrogen-bond acceptors (Lipinski definition) is 1. The first-order valence-corrected chi connectivity index (χ1v) is 7.13. The van der Waals surface area contributed by atoms with Crippen molar-refractivity contribution in [1.82, 2.24) is 5.32 Å². The molecule has 2 bridgehead atoms. The molecule has 0 aliphatic heterocycles. The average molecular weight is 264 g/mol. The highest BCUT2D eigenvalue weighted by Crippen LogP contribution is 2.44. The van der Waals surface area contributed by atoms with Crippen molar-refractivity contribution >= 4 is 17.5 Å². The normalized spacial score (nSPS) is 29.5. The minimum Gasteiger partial charge on any atom is -0.353 e. The van der Waals surface area contributed by atoms with Gasteiger partial charge in [-0.15, -0.1) is 0 Å². The summed E-state index contributed by atoms with van der Waals surface area (Å²) in [5, 5.41) is 3.87. The molecule has 96 valence electrons. The average Bonchev–Trinajstić information content (AvgIpc) is 2.94. The third-order valence-electron chi connectivity index (χ3n) is 4.39. The summed E-state index contributed by atoms with van der Waals surface area (Å²) >= 11 is 6.07. The number of rotatable bonds is 3. The maximum atomic E-state index is 12.0. The summed E-state index contributed by atoms with van der Waals surface area (Å²) in [7, 11) is 0. The van der Waals surface area contributed by atoms with E-state index >= 15 is 0 Å². The van der Waals surface area contributed by atoms with Crippen LogP contribution in [0.25, 0.3) is 0 Å². The number of carbonyl (C=O) groups is 1. The van der Waals surface area contributed by atoms with E-state index in [-0.39, 0.29) is 5.91 Å². The van der Waals surface area contributed by atoms with Crippen molar-refractivity contribution in [2.24, 2.45) is 11.8 Å². The van der Waals surface area contributed by atoms with Gasteiger partial charge in [-0.1, -0.05) is 36.2 Å². The Morgan fingerprint density at radius 3 is 2.78 bits per heavy atom. The molecule has 0 radical (unpaired) electrons. The standard InChI is InChI=1S/C15H18ClNO/c16-13-4-2-1-3-11(13)9-15(18)17-14-8-10-5-6-12(14)7-10/h1-4,10,12,14H,5-9H2,(H,17,18). The van der Waals surface area contributed by atoms with E-state index in [0.29, 0.717) is 17.5 Å². The Morgan fingerprint density at radius 1 is 1.28 bits per heavy atom. The molecule has 18 heavy (non-hydrogen) atoms. The molecule has 3 unspecified atom stereocenters. The number of hydrogen-bond donors (Lipinski definition) is 1. The number of fused-ring (bicyclic) bond motifs is 2. The van der Waals surface area contributed by atoms with Gasteiger partial charge >= 0.3 is 0 Å². The summed E-state index contributed by atoms with van der Waals surface area (Å²) in [4.78, 5) is 12.0. The van der Waals surface area contributed by atoms with Crippen LogP contribution in [0.4, 0.5) is 0 Å². The molecule has 1 N–H and O–H groups in total. The zero-order chi connectivity index (χ0) is 12.5. The zero-order valence-electron chi connectivity index (χ0n) is 10.4. The van der Waals surface area contributed by atoms with Gasteiger partial charge in [0.1, 0.15) is 0 Å². The maximum Gasteiger partial charge on any atom is 0.224 e. The number of amides is 1. The van der Waals surface area contributed by atoms with Crippen molar-refractivity contribution in [1.29, 1.82) is 0 Å². The van der Waals surface area contributed by atoms with E-state index < -0.39 is 0 Å². The molecule has 1 amide bonds. The van der Waals surface area contributed by atoms with E-state index in [0.717, 1.165) is 17.4 Å². The second-order valence-electron chi connectivity index (χ2n) is 5.62. The Balaban J connectivity index is 1.58. The van der Waals surface area contributed by atoms with Crippen LogP contribution >= 0.6 is 11.6 Å². The van der Waals surface area contributed by atoms with E-state index in [4.69, 9.17) is 11.6 Å². The Kier molecular flexibility index (Phi) is 3.29. The molecule has 2 fully saturated rings. The fourth-order valence-corrected chi connectivity index (χ4v) is 3.70. The summed E-state index contributed by atoms with van der Waals surface area (Å²) in [6.07, 6.45) is 5.55. The number of carbonyl (C=O) groups excluding carboxylic acids is 1. The van der Waals surface area contributed by atoms with Crippen molar-refractivity contribution in [3.63, 3.8) is 0 Å². The Bertz CT molecular complexity index is 460. The summed E-state index contributed by atoms with van der Waals surface area (Å²) in [5.74, 6) is 1.70. The lowest BCUT2D eigenvalue weighted by atomic mass is 9.95. The number of halogens is 1. The SMILES string of the molecule is O=C(Cc1ccccc1Cl)NC1CC2CCC1C2. The highest BCUT2D eigenvalue weighted by atomic mass is 35.5. The molecule has 3 heteroatoms. The quantitative estimate of drug-likeness (QED) is 0.892. The molecule has 1 aromatic carbocycles. The molecule has 0 aromatic heterocycles. The monoisotopic (exact) mass is 263 g/mol. The van der Waals surface area contributed by atoms with Gasteiger partial charge in [-0.25, -0.2) is 0 Å². The van der Waals surface area contributed by atoms with Gasteiger partial charge in [-0.05, 0) is 42.7 Å². The Hall–Kier alpha value is -1.02. The molecule has 2 nitrogen and oxygen atoms in total. The summed E-state index contributed by atoms with van der Waals surface area (Å²) in [5.41, 5.74) is 0.917. The lowest BCUT2D eigenvalue weighted by Gasteiger charge is -2.23. The predicted octanol–water partition coefficient (Wildman–Crippen LogP) is 3.19. The summed E-state index contributed by atoms with van der Waals surface area (Å²) in [6, 6.07) is 7.98. The molecule has 3 atom stereocenters. The Morgan fingerprint density at radius 2 is 2.11 bits per heavy atom. The van der Waals surface area contributed by atoms with Gasteiger partial charge in [0.15, 0.2) is 0 Å². The summed E-state index contributed by atoms with van der Waals surface area (Å²) < 4.78 is 0. The second-order valence-corrected chi connectivity index (χ2v) is 6.02. The third kappa shape index (κ3) is 2.39. The molecule has 2 aliphatic carbocycles. The highest BCUT2D eigenvalue weighted by molar-refractivity contribution is 6.31. The van der Waals surface area contributed by atoms with E-state index in [1.165, 1.54) is 25.7 Å². The fraction of sp³-hybridized carbons (Fsp3) is 0.533. The van der Waals surface area contributed by atoms with Crippen molar-refractivity contribution in [2.75, 3.05) is 0 Å². The largest absolute Gasteiger partial charge is 0.353 e. The van der Waals surface area contributed by atoms with Gasteiger partial charge in [-0.2, -0.15) is 0 Å². The molecular weight excluding hydrogens is 246 g/mol. The number of benzene rings is 1. The van der Waals surface area contributed by atoms with Crippen molar-refractivity contribution < 1.29 is 4.79 Å². The van der Waals surface area contributed by atoms with Crippen LogP contribution in [-0.2, 0) is 11.2 Å². The van der Waals surface area contributed by atoms with Crippen LogP contribution in [0.5, 0.6) is 0 Å². The van der Waals surface area contributed by atoms with Crippen LogP contribution in [0.15, 0.2) is 24.3 Å². The topological polar surface area (TPSA) is 29.1 Å². The zero-order valence-corrected chi connectivity index (χ0v) is 11.1.